The number of anilines is 1. The number of fused-ring (bicyclic) bond motifs is 1. The van der Waals surface area contributed by atoms with Gasteiger partial charge in [-0.2, -0.15) is 0 Å². The van der Waals surface area contributed by atoms with E-state index >= 15 is 0 Å². The molecule has 2 rings (SSSR count). The average Bonchev–Trinajstić information content (AvgIpc) is 2.41. The summed E-state index contributed by atoms with van der Waals surface area (Å²) >= 11 is 0. The molecule has 3 nitrogen and oxygen atoms in total. The normalized spacial score (nSPS) is 20.5. The van der Waals surface area contributed by atoms with Crippen molar-refractivity contribution in [3.8, 4) is 0 Å². The molecule has 1 aliphatic heterocycles. The van der Waals surface area contributed by atoms with Crippen molar-refractivity contribution >= 4 is 15.5 Å². The van der Waals surface area contributed by atoms with Crippen LogP contribution in [-0.4, -0.2) is 27.8 Å². The van der Waals surface area contributed by atoms with E-state index in [9.17, 15) is 8.42 Å². The first-order valence-corrected chi connectivity index (χ1v) is 6.84. The lowest BCUT2D eigenvalue weighted by molar-refractivity contribution is 0.602. The van der Waals surface area contributed by atoms with Gasteiger partial charge in [-0.1, -0.05) is 0 Å². The quantitative estimate of drug-likeness (QED) is 0.726. The maximum Gasteiger partial charge on any atom is 0.175 e. The molecule has 1 heterocycles. The molecule has 0 N–H and O–H groups in total. The SMILES string of the molecule is CC1Cc2cc(S(C)(=O)=O)ccc2N1C. The van der Waals surface area contributed by atoms with E-state index in [2.05, 4.69) is 11.8 Å². The Balaban J connectivity index is 2.51. The van der Waals surface area contributed by atoms with E-state index in [0.717, 1.165) is 17.7 Å². The molecule has 82 valence electrons. The maximum absolute atomic E-state index is 11.4. The fourth-order valence-corrected chi connectivity index (χ4v) is 2.66. The van der Waals surface area contributed by atoms with Crippen molar-refractivity contribution in [3.63, 3.8) is 0 Å². The summed E-state index contributed by atoms with van der Waals surface area (Å²) < 4.78 is 22.8. The van der Waals surface area contributed by atoms with Crippen LogP contribution in [0.3, 0.4) is 0 Å². The van der Waals surface area contributed by atoms with Gasteiger partial charge in [0.25, 0.3) is 0 Å². The summed E-state index contributed by atoms with van der Waals surface area (Å²) in [6.45, 7) is 2.14. The topological polar surface area (TPSA) is 37.4 Å². The highest BCUT2D eigenvalue weighted by molar-refractivity contribution is 7.90. The molecule has 0 fully saturated rings. The van der Waals surface area contributed by atoms with Gasteiger partial charge >= 0.3 is 0 Å². The van der Waals surface area contributed by atoms with Crippen LogP contribution in [0.4, 0.5) is 5.69 Å². The summed E-state index contributed by atoms with van der Waals surface area (Å²) in [6, 6.07) is 5.83. The third kappa shape index (κ3) is 1.74. The van der Waals surface area contributed by atoms with Crippen LogP contribution in [0.2, 0.25) is 0 Å². The average molecular weight is 225 g/mol. The van der Waals surface area contributed by atoms with Gasteiger partial charge in [-0.15, -0.1) is 0 Å². The number of benzene rings is 1. The summed E-state index contributed by atoms with van der Waals surface area (Å²) in [6.07, 6.45) is 2.17. The Kier molecular flexibility index (Phi) is 2.26. The standard InChI is InChI=1S/C11H15NO2S/c1-8-6-9-7-10(15(3,13)14)4-5-11(9)12(8)2/h4-5,7-8H,6H2,1-3H3. The van der Waals surface area contributed by atoms with Gasteiger partial charge < -0.3 is 4.90 Å². The van der Waals surface area contributed by atoms with Crippen LogP contribution < -0.4 is 4.90 Å². The number of nitrogens with zero attached hydrogens (tertiary/aromatic N) is 1. The Hall–Kier alpha value is -1.03. The molecule has 1 unspecified atom stereocenters. The summed E-state index contributed by atoms with van der Waals surface area (Å²) in [5, 5.41) is 0. The molecule has 0 radical (unpaired) electrons. The molecule has 0 spiro atoms. The van der Waals surface area contributed by atoms with E-state index in [1.54, 1.807) is 12.1 Å². The van der Waals surface area contributed by atoms with Gasteiger partial charge in [0.05, 0.1) is 4.90 Å². The minimum absolute atomic E-state index is 0.420. The second-order valence-electron chi connectivity index (χ2n) is 4.23. The highest BCUT2D eigenvalue weighted by Gasteiger charge is 2.23. The highest BCUT2D eigenvalue weighted by Crippen LogP contribution is 2.32. The molecule has 0 bridgehead atoms. The zero-order chi connectivity index (χ0) is 11.2. The number of hydrogen-bond acceptors (Lipinski definition) is 3. The molecule has 0 aromatic heterocycles. The van der Waals surface area contributed by atoms with Crippen molar-refractivity contribution in [2.24, 2.45) is 0 Å². The molecular formula is C11H15NO2S. The number of rotatable bonds is 1. The van der Waals surface area contributed by atoms with Gasteiger partial charge in [0.2, 0.25) is 0 Å². The number of hydrogen-bond donors (Lipinski definition) is 0. The zero-order valence-electron chi connectivity index (χ0n) is 9.19. The molecule has 0 aliphatic carbocycles. The molecule has 1 atom stereocenters. The zero-order valence-corrected chi connectivity index (χ0v) is 10.0. The smallest absolute Gasteiger partial charge is 0.175 e. The van der Waals surface area contributed by atoms with Crippen molar-refractivity contribution in [1.29, 1.82) is 0 Å². The fourth-order valence-electron chi connectivity index (χ4n) is 1.99. The van der Waals surface area contributed by atoms with E-state index in [1.165, 1.54) is 6.26 Å². The second-order valence-corrected chi connectivity index (χ2v) is 6.24. The predicted molar refractivity (Wildman–Crippen MR) is 61.1 cm³/mol. The van der Waals surface area contributed by atoms with Crippen LogP contribution in [0.5, 0.6) is 0 Å². The van der Waals surface area contributed by atoms with Crippen molar-refractivity contribution < 1.29 is 8.42 Å². The Morgan fingerprint density at radius 3 is 2.67 bits per heavy atom. The first-order valence-electron chi connectivity index (χ1n) is 4.95. The molecule has 1 aromatic rings. The minimum atomic E-state index is -3.08. The molecular weight excluding hydrogens is 210 g/mol. The summed E-state index contributed by atoms with van der Waals surface area (Å²) in [7, 11) is -1.04. The van der Waals surface area contributed by atoms with E-state index in [-0.39, 0.29) is 0 Å². The van der Waals surface area contributed by atoms with Gasteiger partial charge in [-0.3, -0.25) is 0 Å². The van der Waals surface area contributed by atoms with E-state index < -0.39 is 9.84 Å². The van der Waals surface area contributed by atoms with Gasteiger partial charge in [0.1, 0.15) is 0 Å². The van der Waals surface area contributed by atoms with Gasteiger partial charge in [0.15, 0.2) is 9.84 Å². The fraction of sp³-hybridized carbons (Fsp3) is 0.455. The first-order chi connectivity index (χ1) is 6.89. The van der Waals surface area contributed by atoms with Gasteiger partial charge in [0, 0.05) is 25.0 Å². The molecule has 0 amide bonds. The first kappa shape index (κ1) is 10.5. The van der Waals surface area contributed by atoms with Crippen LogP contribution in [-0.2, 0) is 16.3 Å². The molecule has 1 aliphatic rings. The lowest BCUT2D eigenvalue weighted by Crippen LogP contribution is -2.23. The monoisotopic (exact) mass is 225 g/mol. The Morgan fingerprint density at radius 1 is 1.40 bits per heavy atom. The molecule has 0 saturated heterocycles. The van der Waals surface area contributed by atoms with Crippen molar-refractivity contribution in [3.05, 3.63) is 23.8 Å². The predicted octanol–water partition coefficient (Wildman–Crippen LogP) is 1.47. The van der Waals surface area contributed by atoms with Crippen molar-refractivity contribution in [2.75, 3.05) is 18.2 Å². The van der Waals surface area contributed by atoms with Crippen LogP contribution in [0.25, 0.3) is 0 Å². The maximum atomic E-state index is 11.4. The molecule has 0 saturated carbocycles. The van der Waals surface area contributed by atoms with Crippen molar-refractivity contribution in [2.45, 2.75) is 24.3 Å². The Bertz CT molecular complexity index is 493. The lowest BCUT2D eigenvalue weighted by Gasteiger charge is -2.18. The second kappa shape index (κ2) is 3.23. The van der Waals surface area contributed by atoms with E-state index in [1.807, 2.05) is 13.1 Å². The number of likely N-dealkylation sites (N-methyl/N-ethyl adjacent to an activating group) is 1. The van der Waals surface area contributed by atoms with Crippen LogP contribution in [0.15, 0.2) is 23.1 Å². The van der Waals surface area contributed by atoms with Crippen LogP contribution in [0.1, 0.15) is 12.5 Å². The van der Waals surface area contributed by atoms with Crippen LogP contribution >= 0.6 is 0 Å². The third-order valence-electron chi connectivity index (χ3n) is 3.04. The van der Waals surface area contributed by atoms with Crippen molar-refractivity contribution in [1.82, 2.24) is 0 Å². The summed E-state index contributed by atoms with van der Waals surface area (Å²) in [5.41, 5.74) is 2.28. The largest absolute Gasteiger partial charge is 0.371 e. The van der Waals surface area contributed by atoms with E-state index in [0.29, 0.717) is 10.9 Å². The lowest BCUT2D eigenvalue weighted by atomic mass is 10.1. The molecule has 1 aromatic carbocycles. The van der Waals surface area contributed by atoms with Crippen LogP contribution in [0, 0.1) is 0 Å². The third-order valence-corrected chi connectivity index (χ3v) is 4.15. The Morgan fingerprint density at radius 2 is 2.07 bits per heavy atom. The molecule has 4 heteroatoms. The summed E-state index contributed by atoms with van der Waals surface area (Å²) in [5.74, 6) is 0. The van der Waals surface area contributed by atoms with E-state index in [4.69, 9.17) is 0 Å². The Labute approximate surface area is 90.6 Å². The number of sulfone groups is 1. The minimum Gasteiger partial charge on any atom is -0.371 e. The highest BCUT2D eigenvalue weighted by atomic mass is 32.2. The summed E-state index contributed by atoms with van der Waals surface area (Å²) in [4.78, 5) is 2.60. The van der Waals surface area contributed by atoms with Gasteiger partial charge in [-0.25, -0.2) is 8.42 Å². The van der Waals surface area contributed by atoms with Gasteiger partial charge in [-0.05, 0) is 37.1 Å². The molecule has 15 heavy (non-hydrogen) atoms.